The monoisotopic (exact) mass is 360 g/mol. The summed E-state index contributed by atoms with van der Waals surface area (Å²) in [5, 5.41) is 0.714. The van der Waals surface area contributed by atoms with Gasteiger partial charge in [0.25, 0.3) is 0 Å². The molecule has 11 heterocycles. The minimum absolute atomic E-state index is 0.171. The molecule has 0 amide bonds. The first kappa shape index (κ1) is 9.45. The van der Waals surface area contributed by atoms with E-state index in [1.165, 1.54) is 39.5 Å². The second kappa shape index (κ2) is 0.980. The Bertz CT molecular complexity index is 1520. The molecule has 24 heavy (non-hydrogen) atoms. The van der Waals surface area contributed by atoms with Crippen molar-refractivity contribution in [2.24, 2.45) is 0 Å². The molecule has 1 aromatic heterocycles. The first-order chi connectivity index (χ1) is 11.5. The van der Waals surface area contributed by atoms with Crippen molar-refractivity contribution in [1.82, 2.24) is 0 Å². The molecule has 10 fully saturated rings. The molecule has 1 aromatic carbocycles. The number of benzene rings is 1. The molecule has 2 aromatic rings. The summed E-state index contributed by atoms with van der Waals surface area (Å²) < 4.78 is 12.4. The summed E-state index contributed by atoms with van der Waals surface area (Å²) in [5.74, 6) is 1.95. The van der Waals surface area contributed by atoms with E-state index in [0.29, 0.717) is 9.70 Å². The zero-order valence-electron chi connectivity index (χ0n) is 13.1. The van der Waals surface area contributed by atoms with Crippen LogP contribution in [0.2, 0.25) is 43.3 Å². The van der Waals surface area contributed by atoms with Crippen LogP contribution in [0.4, 0.5) is 0 Å². The molecule has 12 rings (SSSR count). The van der Waals surface area contributed by atoms with Crippen molar-refractivity contribution in [2.45, 2.75) is 47.7 Å². The summed E-state index contributed by atoms with van der Waals surface area (Å²) in [6, 6.07) is 7.59. The molecule has 4 heteroatoms. The van der Waals surface area contributed by atoms with Crippen LogP contribution in [-0.4, -0.2) is 7.11 Å². The fourth-order valence-electron chi connectivity index (χ4n) is 18.3. The van der Waals surface area contributed by atoms with Gasteiger partial charge in [0.15, 0.2) is 0 Å². The van der Waals surface area contributed by atoms with Crippen LogP contribution in [-0.2, 0) is 10.8 Å². The molecule has 10 saturated heterocycles. The van der Waals surface area contributed by atoms with Gasteiger partial charge in [-0.05, 0) is 0 Å². The molecule has 3 nitrogen and oxygen atoms in total. The summed E-state index contributed by atoms with van der Waals surface area (Å²) >= 11 is 0. The zero-order chi connectivity index (χ0) is 15.1. The van der Waals surface area contributed by atoms with E-state index in [1.54, 1.807) is 7.11 Å². The molecule has 0 saturated carbocycles. The van der Waals surface area contributed by atoms with Crippen LogP contribution in [0.3, 0.4) is 0 Å². The Kier molecular flexibility index (Phi) is 0.386. The van der Waals surface area contributed by atoms with E-state index >= 15 is 0 Å². The predicted octanol–water partition coefficient (Wildman–Crippen LogP) is 4.60. The fourth-order valence-corrected chi connectivity index (χ4v) is 92.2. The van der Waals surface area contributed by atoms with E-state index in [0.717, 1.165) is 21.0 Å². The number of rotatable bonds is 2. The third-order valence-electron chi connectivity index (χ3n) is 17.0. The molecular formula is C20H16FeO3. The Hall–Kier alpha value is -1.25. The van der Waals surface area contributed by atoms with E-state index in [4.69, 9.17) is 9.15 Å². The predicted molar refractivity (Wildman–Crippen MR) is 84.5 cm³/mol. The summed E-state index contributed by atoms with van der Waals surface area (Å²) in [5.41, 5.74) is 0.928. The third kappa shape index (κ3) is 0.135. The van der Waals surface area contributed by atoms with Gasteiger partial charge in [-0.2, -0.15) is 0 Å². The first-order valence-corrected chi connectivity index (χ1v) is 15.6. The van der Waals surface area contributed by atoms with Crippen LogP contribution in [0.1, 0.15) is 5.76 Å². The van der Waals surface area contributed by atoms with Crippen LogP contribution >= 0.6 is 0 Å². The Labute approximate surface area is 127 Å². The molecule has 10 aliphatic heterocycles. The fraction of sp³-hybridized carbons (Fsp3) is 0.550. The molecule has 122 valence electrons. The molecule has 4 atom stereocenters. The molecule has 0 radical (unpaired) electrons. The average Bonchev–Trinajstić information content (AvgIpc) is 3.54. The number of methoxy groups -OCH3 is 1. The van der Waals surface area contributed by atoms with Gasteiger partial charge in [0.05, 0.1) is 0 Å². The van der Waals surface area contributed by atoms with Crippen LogP contribution < -0.4 is 10.2 Å². The SMILES string of the molecule is COc1ccc2c(=O)cc([C]34[CH]5[CH]6[CH]7[CH]3[Fe]6754389%10[CH]4[CH]3[CH]8[CH]9[CH]4%10)oc2c1. The third-order valence-corrected chi connectivity index (χ3v) is 59.3. The van der Waals surface area contributed by atoms with Crippen molar-refractivity contribution in [3.63, 3.8) is 0 Å². The van der Waals surface area contributed by atoms with Crippen molar-refractivity contribution in [2.75, 3.05) is 7.11 Å². The second-order valence-electron chi connectivity index (χ2n) is 12.5. The van der Waals surface area contributed by atoms with Crippen molar-refractivity contribution in [1.29, 1.82) is 0 Å². The van der Waals surface area contributed by atoms with Crippen molar-refractivity contribution >= 4 is 11.0 Å². The topological polar surface area (TPSA) is 39.4 Å². The van der Waals surface area contributed by atoms with Crippen molar-refractivity contribution < 1.29 is 15.7 Å². The van der Waals surface area contributed by atoms with Gasteiger partial charge in [0.1, 0.15) is 0 Å². The Balaban J connectivity index is 1.32. The van der Waals surface area contributed by atoms with Gasteiger partial charge in [-0.1, -0.05) is 0 Å². The maximum absolute atomic E-state index is 12.8. The Morgan fingerprint density at radius 2 is 1.67 bits per heavy atom. The average molecular weight is 360 g/mol. The summed E-state index contributed by atoms with van der Waals surface area (Å²) in [4.78, 5) is 23.9. The standard InChI is InChI=1S/C15H11O3.C5H5.Fe/c1-17-11-6-7-12-13(16)9-14(18-15(12)8-11)10-4-2-3-5-10;1-2-4-5-3-1;/h2-9H,1H3;1-5H;. The van der Waals surface area contributed by atoms with Crippen molar-refractivity contribution in [3.05, 3.63) is 40.2 Å². The van der Waals surface area contributed by atoms with E-state index in [2.05, 4.69) is 0 Å². The van der Waals surface area contributed by atoms with Gasteiger partial charge in [0.2, 0.25) is 0 Å². The van der Waals surface area contributed by atoms with Gasteiger partial charge in [-0.3, -0.25) is 0 Å². The Morgan fingerprint density at radius 3 is 2.17 bits per heavy atom. The summed E-state index contributed by atoms with van der Waals surface area (Å²) in [7, 11) is 1.67. The molecule has 0 aliphatic carbocycles. The van der Waals surface area contributed by atoms with Crippen molar-refractivity contribution in [3.8, 4) is 5.75 Å². The van der Waals surface area contributed by atoms with Crippen LogP contribution in [0.15, 0.2) is 33.5 Å². The second-order valence-corrected chi connectivity index (χ2v) is 36.1. The first-order valence-electron chi connectivity index (χ1n) is 9.30. The van der Waals surface area contributed by atoms with Gasteiger partial charge in [-0.15, -0.1) is 0 Å². The number of hydrogen-bond acceptors (Lipinski definition) is 3. The van der Waals surface area contributed by atoms with E-state index in [1.807, 2.05) is 24.3 Å². The maximum atomic E-state index is 12.8. The zero-order valence-corrected chi connectivity index (χ0v) is 14.2. The van der Waals surface area contributed by atoms with Gasteiger partial charge < -0.3 is 0 Å². The Morgan fingerprint density at radius 1 is 1.00 bits per heavy atom. The molecule has 0 N–H and O–H groups in total. The molecule has 1 spiro atoms. The minimum atomic E-state index is -3.26. The van der Waals surface area contributed by atoms with Gasteiger partial charge >= 0.3 is 127 Å². The summed E-state index contributed by atoms with van der Waals surface area (Å²) in [6.07, 6.45) is 0. The van der Waals surface area contributed by atoms with Gasteiger partial charge in [-0.25, -0.2) is 0 Å². The number of ether oxygens (including phenoxy) is 1. The van der Waals surface area contributed by atoms with Gasteiger partial charge in [0, 0.05) is 0 Å². The van der Waals surface area contributed by atoms with Crippen LogP contribution in [0, 0.1) is 0 Å². The van der Waals surface area contributed by atoms with E-state index in [-0.39, 0.29) is 5.43 Å². The number of hydrogen-bond donors (Lipinski definition) is 0. The van der Waals surface area contributed by atoms with E-state index in [9.17, 15) is 4.79 Å². The normalized spacial score (nSPS) is 87.8. The number of fused-ring (bicyclic) bond motifs is 11. The van der Waals surface area contributed by atoms with E-state index < -0.39 is 6.51 Å². The van der Waals surface area contributed by atoms with Crippen LogP contribution in [0.5, 0.6) is 5.75 Å². The summed E-state index contributed by atoms with van der Waals surface area (Å²) in [6.45, 7) is -3.26. The molecular weight excluding hydrogens is 344 g/mol. The quantitative estimate of drug-likeness (QED) is 0.735. The molecule has 4 unspecified atom stereocenters. The molecule has 10 aliphatic rings. The molecule has 0 bridgehead atoms. The van der Waals surface area contributed by atoms with Crippen LogP contribution in [0.25, 0.3) is 11.0 Å².